The van der Waals surface area contributed by atoms with E-state index in [0.717, 1.165) is 12.8 Å². The van der Waals surface area contributed by atoms with Crippen LogP contribution in [0.1, 0.15) is 26.7 Å². The number of carbonyl (C=O) groups excluding carboxylic acids is 1. The van der Waals surface area contributed by atoms with Gasteiger partial charge in [0.2, 0.25) is 5.91 Å². The van der Waals surface area contributed by atoms with Crippen LogP contribution in [0.2, 0.25) is 0 Å². The third kappa shape index (κ3) is 0.814. The molecule has 0 saturated heterocycles. The van der Waals surface area contributed by atoms with E-state index in [1.54, 1.807) is 0 Å². The Balaban J connectivity index is 2.77. The molecule has 1 atom stereocenters. The monoisotopic (exact) mass is 143 g/mol. The van der Waals surface area contributed by atoms with Crippen LogP contribution in [0.3, 0.4) is 0 Å². The first-order valence-corrected chi connectivity index (χ1v) is 3.42. The normalized spacial score (nSPS) is 27.1. The minimum atomic E-state index is -1.31. The molecule has 0 aromatic carbocycles. The quantitative estimate of drug-likeness (QED) is 0.572. The highest BCUT2D eigenvalue weighted by Gasteiger charge is 2.55. The second kappa shape index (κ2) is 1.72. The van der Waals surface area contributed by atoms with Gasteiger partial charge < -0.3 is 10.8 Å². The van der Waals surface area contributed by atoms with Gasteiger partial charge in [0.1, 0.15) is 5.60 Å². The molecule has 1 rings (SSSR count). The molecule has 0 aromatic heterocycles. The van der Waals surface area contributed by atoms with E-state index < -0.39 is 11.5 Å². The average Bonchev–Trinajstić information content (AvgIpc) is 2.48. The highest BCUT2D eigenvalue weighted by atomic mass is 16.3. The van der Waals surface area contributed by atoms with Gasteiger partial charge in [-0.05, 0) is 19.8 Å². The Morgan fingerprint density at radius 3 is 2.20 bits per heavy atom. The van der Waals surface area contributed by atoms with Crippen LogP contribution in [0, 0.1) is 5.41 Å². The number of rotatable bonds is 2. The van der Waals surface area contributed by atoms with Crippen molar-refractivity contribution >= 4 is 5.91 Å². The van der Waals surface area contributed by atoms with Crippen molar-refractivity contribution < 1.29 is 9.90 Å². The van der Waals surface area contributed by atoms with Gasteiger partial charge in [-0.15, -0.1) is 0 Å². The molecule has 1 fully saturated rings. The van der Waals surface area contributed by atoms with Crippen LogP contribution in [-0.2, 0) is 4.79 Å². The molecule has 0 bridgehead atoms. The Bertz CT molecular complexity index is 170. The third-order valence-electron chi connectivity index (χ3n) is 2.66. The van der Waals surface area contributed by atoms with Crippen molar-refractivity contribution in [3.8, 4) is 0 Å². The summed E-state index contributed by atoms with van der Waals surface area (Å²) in [7, 11) is 0. The number of hydrogen-bond donors (Lipinski definition) is 2. The molecule has 0 aromatic rings. The van der Waals surface area contributed by atoms with Crippen molar-refractivity contribution in [2.75, 3.05) is 0 Å². The number of hydrogen-bond acceptors (Lipinski definition) is 2. The van der Waals surface area contributed by atoms with Gasteiger partial charge >= 0.3 is 0 Å². The summed E-state index contributed by atoms with van der Waals surface area (Å²) < 4.78 is 0. The highest BCUT2D eigenvalue weighted by molar-refractivity contribution is 5.84. The molecule has 0 spiro atoms. The highest BCUT2D eigenvalue weighted by Crippen LogP contribution is 2.53. The van der Waals surface area contributed by atoms with E-state index >= 15 is 0 Å². The molecule has 0 aliphatic heterocycles. The molecule has 1 unspecified atom stereocenters. The van der Waals surface area contributed by atoms with Crippen LogP contribution in [0.25, 0.3) is 0 Å². The summed E-state index contributed by atoms with van der Waals surface area (Å²) in [4.78, 5) is 10.7. The largest absolute Gasteiger partial charge is 0.380 e. The van der Waals surface area contributed by atoms with Crippen LogP contribution < -0.4 is 5.73 Å². The molecule has 1 saturated carbocycles. The van der Waals surface area contributed by atoms with E-state index in [4.69, 9.17) is 5.73 Å². The van der Waals surface area contributed by atoms with Crippen molar-refractivity contribution in [3.05, 3.63) is 0 Å². The SMILES string of the molecule is CC1(C(C)(O)C(N)=O)CC1. The zero-order valence-corrected chi connectivity index (χ0v) is 6.35. The van der Waals surface area contributed by atoms with Crippen LogP contribution in [0.4, 0.5) is 0 Å². The second-order valence-corrected chi connectivity index (χ2v) is 3.50. The number of primary amides is 1. The fourth-order valence-corrected chi connectivity index (χ4v) is 0.972. The van der Waals surface area contributed by atoms with Crippen LogP contribution in [0.15, 0.2) is 0 Å². The van der Waals surface area contributed by atoms with Gasteiger partial charge in [-0.3, -0.25) is 4.79 Å². The summed E-state index contributed by atoms with van der Waals surface area (Å²) in [5.74, 6) is -0.618. The Labute approximate surface area is 60.2 Å². The first-order chi connectivity index (χ1) is 4.40. The number of aliphatic hydroxyl groups is 1. The first kappa shape index (κ1) is 7.54. The van der Waals surface area contributed by atoms with Gasteiger partial charge in [-0.25, -0.2) is 0 Å². The minimum Gasteiger partial charge on any atom is -0.380 e. The maximum absolute atomic E-state index is 10.7. The Hall–Kier alpha value is -0.570. The Morgan fingerprint density at radius 2 is 2.10 bits per heavy atom. The lowest BCUT2D eigenvalue weighted by atomic mass is 9.87. The van der Waals surface area contributed by atoms with Gasteiger partial charge in [-0.2, -0.15) is 0 Å². The van der Waals surface area contributed by atoms with E-state index in [1.807, 2.05) is 6.92 Å². The van der Waals surface area contributed by atoms with Crippen LogP contribution >= 0.6 is 0 Å². The van der Waals surface area contributed by atoms with E-state index in [0.29, 0.717) is 0 Å². The topological polar surface area (TPSA) is 63.3 Å². The van der Waals surface area contributed by atoms with Crippen LogP contribution in [-0.4, -0.2) is 16.6 Å². The molecule has 1 aliphatic carbocycles. The average molecular weight is 143 g/mol. The number of amides is 1. The van der Waals surface area contributed by atoms with Crippen molar-refractivity contribution in [2.45, 2.75) is 32.3 Å². The summed E-state index contributed by atoms with van der Waals surface area (Å²) in [6.45, 7) is 3.36. The van der Waals surface area contributed by atoms with E-state index in [1.165, 1.54) is 6.92 Å². The van der Waals surface area contributed by atoms with E-state index in [2.05, 4.69) is 0 Å². The third-order valence-corrected chi connectivity index (χ3v) is 2.66. The van der Waals surface area contributed by atoms with Gasteiger partial charge in [0.25, 0.3) is 0 Å². The smallest absolute Gasteiger partial charge is 0.249 e. The lowest BCUT2D eigenvalue weighted by Gasteiger charge is -2.26. The molecule has 0 heterocycles. The maximum Gasteiger partial charge on any atom is 0.249 e. The molecule has 58 valence electrons. The second-order valence-electron chi connectivity index (χ2n) is 3.50. The van der Waals surface area contributed by atoms with Crippen molar-refractivity contribution in [1.82, 2.24) is 0 Å². The number of nitrogens with two attached hydrogens (primary N) is 1. The lowest BCUT2D eigenvalue weighted by molar-refractivity contribution is -0.141. The standard InChI is InChI=1S/C7H13NO2/c1-6(3-4-6)7(2,10)5(8)9/h10H,3-4H2,1-2H3,(H2,8,9). The summed E-state index contributed by atoms with van der Waals surface area (Å²) >= 11 is 0. The summed E-state index contributed by atoms with van der Waals surface area (Å²) in [6.07, 6.45) is 1.78. The summed E-state index contributed by atoms with van der Waals surface area (Å²) in [6, 6.07) is 0. The summed E-state index contributed by atoms with van der Waals surface area (Å²) in [5, 5.41) is 9.52. The lowest BCUT2D eigenvalue weighted by Crippen LogP contribution is -2.47. The molecule has 1 amide bonds. The predicted octanol–water partition coefficient (Wildman–Crippen LogP) is 0.0228. The van der Waals surface area contributed by atoms with Gasteiger partial charge in [0, 0.05) is 5.41 Å². The molecular formula is C7H13NO2. The molecular weight excluding hydrogens is 130 g/mol. The van der Waals surface area contributed by atoms with Crippen molar-refractivity contribution in [3.63, 3.8) is 0 Å². The first-order valence-electron chi connectivity index (χ1n) is 3.42. The molecule has 0 radical (unpaired) electrons. The molecule has 1 aliphatic rings. The predicted molar refractivity (Wildman–Crippen MR) is 37.2 cm³/mol. The molecule has 3 nitrogen and oxygen atoms in total. The van der Waals surface area contributed by atoms with E-state index in [-0.39, 0.29) is 5.41 Å². The Kier molecular flexibility index (Phi) is 1.30. The zero-order chi connectivity index (χ0) is 7.99. The number of carbonyl (C=O) groups is 1. The zero-order valence-electron chi connectivity index (χ0n) is 6.35. The van der Waals surface area contributed by atoms with Gasteiger partial charge in [0.15, 0.2) is 0 Å². The Morgan fingerprint density at radius 1 is 1.70 bits per heavy atom. The van der Waals surface area contributed by atoms with Gasteiger partial charge in [-0.1, -0.05) is 6.92 Å². The molecule has 3 heteroatoms. The molecule has 10 heavy (non-hydrogen) atoms. The maximum atomic E-state index is 10.7. The summed E-state index contributed by atoms with van der Waals surface area (Å²) in [5.41, 5.74) is 3.44. The minimum absolute atomic E-state index is 0.251. The van der Waals surface area contributed by atoms with Crippen LogP contribution in [0.5, 0.6) is 0 Å². The van der Waals surface area contributed by atoms with E-state index in [9.17, 15) is 9.90 Å². The fraction of sp³-hybridized carbons (Fsp3) is 0.857. The van der Waals surface area contributed by atoms with Gasteiger partial charge in [0.05, 0.1) is 0 Å². The van der Waals surface area contributed by atoms with Crippen molar-refractivity contribution in [1.29, 1.82) is 0 Å². The van der Waals surface area contributed by atoms with Crippen molar-refractivity contribution in [2.24, 2.45) is 11.1 Å². The fourth-order valence-electron chi connectivity index (χ4n) is 0.972. The molecule has 3 N–H and O–H groups in total.